The molecular weight excluding hydrogens is 405 g/mol. The van der Waals surface area contributed by atoms with Crippen LogP contribution in [0.3, 0.4) is 0 Å². The quantitative estimate of drug-likeness (QED) is 0.480. The lowest BCUT2D eigenvalue weighted by Crippen LogP contribution is -2.26. The number of benzene rings is 3. The topological polar surface area (TPSA) is 47.6 Å². The average Bonchev–Trinajstić information content (AvgIpc) is 2.77. The molecule has 1 atom stereocenters. The fourth-order valence-electron chi connectivity index (χ4n) is 3.36. The molecule has 0 aliphatic heterocycles. The Hall–Kier alpha value is -3.34. The van der Waals surface area contributed by atoms with Crippen LogP contribution in [0, 0.1) is 5.82 Å². The first-order valence-corrected chi connectivity index (χ1v) is 10.6. The second-order valence-electron chi connectivity index (χ2n) is 8.84. The van der Waals surface area contributed by atoms with Crippen LogP contribution in [-0.4, -0.2) is 13.0 Å². The predicted octanol–water partition coefficient (Wildman–Crippen LogP) is 6.20. The molecule has 32 heavy (non-hydrogen) atoms. The lowest BCUT2D eigenvalue weighted by Gasteiger charge is -2.19. The first kappa shape index (κ1) is 23.3. The van der Waals surface area contributed by atoms with Crippen molar-refractivity contribution in [2.75, 3.05) is 7.11 Å². The van der Waals surface area contributed by atoms with Gasteiger partial charge in [0.15, 0.2) is 0 Å². The molecule has 1 N–H and O–H groups in total. The molecule has 0 heterocycles. The Morgan fingerprint density at radius 3 is 2.25 bits per heavy atom. The maximum atomic E-state index is 13.1. The van der Waals surface area contributed by atoms with Gasteiger partial charge < -0.3 is 14.8 Å². The molecule has 0 aliphatic rings. The minimum absolute atomic E-state index is 0.0779. The molecule has 5 heteroatoms. The Bertz CT molecular complexity index is 1050. The van der Waals surface area contributed by atoms with E-state index in [2.05, 4.69) is 38.2 Å². The van der Waals surface area contributed by atoms with E-state index in [9.17, 15) is 9.18 Å². The Balaban J connectivity index is 1.70. The van der Waals surface area contributed by atoms with Crippen LogP contribution in [0.25, 0.3) is 0 Å². The average molecular weight is 436 g/mol. The van der Waals surface area contributed by atoms with Gasteiger partial charge in [0.05, 0.1) is 13.2 Å². The zero-order valence-corrected chi connectivity index (χ0v) is 19.2. The number of nitrogens with one attached hydrogen (secondary N) is 1. The first-order valence-electron chi connectivity index (χ1n) is 10.6. The zero-order chi connectivity index (χ0) is 23.3. The second kappa shape index (κ2) is 9.86. The predicted molar refractivity (Wildman–Crippen MR) is 125 cm³/mol. The number of rotatable bonds is 7. The molecule has 3 aromatic carbocycles. The van der Waals surface area contributed by atoms with E-state index in [-0.39, 0.29) is 29.8 Å². The SMILES string of the molecule is COc1ccc(C(=O)NC(C)c2ccc(F)cc2)cc1COc1ccc(C(C)(C)C)cc1. The molecule has 0 radical (unpaired) electrons. The van der Waals surface area contributed by atoms with Crippen molar-refractivity contribution in [2.24, 2.45) is 0 Å². The molecule has 1 amide bonds. The van der Waals surface area contributed by atoms with Gasteiger partial charge in [0.2, 0.25) is 0 Å². The van der Waals surface area contributed by atoms with Crippen molar-refractivity contribution < 1.29 is 18.7 Å². The molecular formula is C27H30FNO3. The highest BCUT2D eigenvalue weighted by Gasteiger charge is 2.15. The van der Waals surface area contributed by atoms with E-state index in [1.54, 1.807) is 37.4 Å². The van der Waals surface area contributed by atoms with Crippen LogP contribution in [-0.2, 0) is 12.0 Å². The molecule has 168 valence electrons. The summed E-state index contributed by atoms with van der Waals surface area (Å²) >= 11 is 0. The van der Waals surface area contributed by atoms with Crippen molar-refractivity contribution in [3.8, 4) is 11.5 Å². The molecule has 0 aromatic heterocycles. The molecule has 3 rings (SSSR count). The molecule has 0 saturated carbocycles. The fraction of sp³-hybridized carbons (Fsp3) is 0.296. The number of ether oxygens (including phenoxy) is 2. The maximum absolute atomic E-state index is 13.1. The lowest BCUT2D eigenvalue weighted by molar-refractivity contribution is 0.0939. The summed E-state index contributed by atoms with van der Waals surface area (Å²) in [5, 5.41) is 2.95. The van der Waals surface area contributed by atoms with Crippen molar-refractivity contribution in [3.63, 3.8) is 0 Å². The van der Waals surface area contributed by atoms with Gasteiger partial charge in [-0.1, -0.05) is 45.0 Å². The number of carbonyl (C=O) groups excluding carboxylic acids is 1. The van der Waals surface area contributed by atoms with Crippen LogP contribution in [0.5, 0.6) is 11.5 Å². The van der Waals surface area contributed by atoms with Crippen LogP contribution in [0.4, 0.5) is 4.39 Å². The Morgan fingerprint density at radius 1 is 1.00 bits per heavy atom. The van der Waals surface area contributed by atoms with Crippen LogP contribution < -0.4 is 14.8 Å². The molecule has 0 fully saturated rings. The van der Waals surface area contributed by atoms with Gasteiger partial charge in [-0.2, -0.15) is 0 Å². The first-order chi connectivity index (χ1) is 15.2. The Labute approximate surface area is 189 Å². The summed E-state index contributed by atoms with van der Waals surface area (Å²) in [6.45, 7) is 8.64. The third-order valence-electron chi connectivity index (χ3n) is 5.37. The lowest BCUT2D eigenvalue weighted by atomic mass is 9.87. The van der Waals surface area contributed by atoms with Crippen LogP contribution >= 0.6 is 0 Å². The van der Waals surface area contributed by atoms with E-state index < -0.39 is 0 Å². The third kappa shape index (κ3) is 5.88. The molecule has 0 aliphatic carbocycles. The molecule has 0 bridgehead atoms. The largest absolute Gasteiger partial charge is 0.496 e. The summed E-state index contributed by atoms with van der Waals surface area (Å²) in [5.41, 5.74) is 3.41. The number of hydrogen-bond acceptors (Lipinski definition) is 3. The molecule has 0 saturated heterocycles. The van der Waals surface area contributed by atoms with Crippen molar-refractivity contribution in [3.05, 3.63) is 94.8 Å². The van der Waals surface area contributed by atoms with Crippen molar-refractivity contribution in [1.29, 1.82) is 0 Å². The van der Waals surface area contributed by atoms with E-state index in [0.29, 0.717) is 11.3 Å². The summed E-state index contributed by atoms with van der Waals surface area (Å²) in [5.74, 6) is 0.875. The minimum atomic E-state index is -0.305. The minimum Gasteiger partial charge on any atom is -0.496 e. The van der Waals surface area contributed by atoms with Crippen molar-refractivity contribution >= 4 is 5.91 Å². The standard InChI is InChI=1S/C27H30FNO3/c1-18(19-6-11-23(28)12-7-19)29-26(30)20-8-15-25(31-5)21(16-20)17-32-24-13-9-22(10-14-24)27(2,3)4/h6-16,18H,17H2,1-5H3,(H,29,30). The number of carbonyl (C=O) groups is 1. The Morgan fingerprint density at radius 2 is 1.66 bits per heavy atom. The van der Waals surface area contributed by atoms with Gasteiger partial charge in [0.1, 0.15) is 23.9 Å². The number of amides is 1. The summed E-state index contributed by atoms with van der Waals surface area (Å²) in [7, 11) is 1.59. The van der Waals surface area contributed by atoms with Gasteiger partial charge in [-0.25, -0.2) is 4.39 Å². The highest BCUT2D eigenvalue weighted by Crippen LogP contribution is 2.26. The van der Waals surface area contributed by atoms with E-state index in [0.717, 1.165) is 16.9 Å². The fourth-order valence-corrected chi connectivity index (χ4v) is 3.36. The zero-order valence-electron chi connectivity index (χ0n) is 19.2. The number of halogens is 1. The van der Waals surface area contributed by atoms with Crippen molar-refractivity contribution in [2.45, 2.75) is 45.8 Å². The van der Waals surface area contributed by atoms with Gasteiger partial charge >= 0.3 is 0 Å². The number of methoxy groups -OCH3 is 1. The van der Waals surface area contributed by atoms with E-state index in [1.807, 2.05) is 19.1 Å². The number of hydrogen-bond donors (Lipinski definition) is 1. The van der Waals surface area contributed by atoms with E-state index >= 15 is 0 Å². The third-order valence-corrected chi connectivity index (χ3v) is 5.37. The van der Waals surface area contributed by atoms with Gasteiger partial charge in [-0.15, -0.1) is 0 Å². The van der Waals surface area contributed by atoms with Gasteiger partial charge in [-0.05, 0) is 65.9 Å². The van der Waals surface area contributed by atoms with Crippen LogP contribution in [0.1, 0.15) is 60.8 Å². The van der Waals surface area contributed by atoms with Crippen LogP contribution in [0.2, 0.25) is 0 Å². The summed E-state index contributed by atoms with van der Waals surface area (Å²) < 4.78 is 24.5. The molecule has 3 aromatic rings. The van der Waals surface area contributed by atoms with Gasteiger partial charge in [0.25, 0.3) is 5.91 Å². The summed E-state index contributed by atoms with van der Waals surface area (Å²) in [6.07, 6.45) is 0. The Kier molecular flexibility index (Phi) is 7.18. The molecule has 1 unspecified atom stereocenters. The molecule has 4 nitrogen and oxygen atoms in total. The van der Waals surface area contributed by atoms with Crippen LogP contribution in [0.15, 0.2) is 66.7 Å². The highest BCUT2D eigenvalue weighted by molar-refractivity contribution is 5.94. The normalized spacial score (nSPS) is 12.2. The van der Waals surface area contributed by atoms with Gasteiger partial charge in [-0.3, -0.25) is 4.79 Å². The van der Waals surface area contributed by atoms with E-state index in [1.165, 1.54) is 17.7 Å². The molecule has 0 spiro atoms. The van der Waals surface area contributed by atoms with Crippen molar-refractivity contribution in [1.82, 2.24) is 5.32 Å². The summed E-state index contributed by atoms with van der Waals surface area (Å²) in [6, 6.07) is 19.1. The van der Waals surface area contributed by atoms with E-state index in [4.69, 9.17) is 9.47 Å². The highest BCUT2D eigenvalue weighted by atomic mass is 19.1. The maximum Gasteiger partial charge on any atom is 0.251 e. The van der Waals surface area contributed by atoms with Gasteiger partial charge in [0, 0.05) is 11.1 Å². The smallest absolute Gasteiger partial charge is 0.251 e. The monoisotopic (exact) mass is 435 g/mol. The second-order valence-corrected chi connectivity index (χ2v) is 8.84. The summed E-state index contributed by atoms with van der Waals surface area (Å²) in [4.78, 5) is 12.8.